The van der Waals surface area contributed by atoms with Gasteiger partial charge in [0.25, 0.3) is 5.91 Å². The number of pyridine rings is 1. The minimum atomic E-state index is -0.331. The summed E-state index contributed by atoms with van der Waals surface area (Å²) in [6.45, 7) is 9.72. The smallest absolute Gasteiger partial charge is 0.260 e. The number of hydrogen-bond donors (Lipinski definition) is 2. The number of hydrogen-bond acceptors (Lipinski definition) is 8. The van der Waals surface area contributed by atoms with E-state index < -0.39 is 0 Å². The second-order valence-electron chi connectivity index (χ2n) is 8.40. The monoisotopic (exact) mass is 431 g/mol. The minimum Gasteiger partial charge on any atom is -0.352 e. The summed E-state index contributed by atoms with van der Waals surface area (Å²) in [5.74, 6) is 0.855. The Hall–Kier alpha value is -3.66. The molecule has 0 aromatic carbocycles. The zero-order chi connectivity index (χ0) is 22.4. The first-order chi connectivity index (χ1) is 15.4. The zero-order valence-electron chi connectivity index (χ0n) is 18.5. The molecule has 0 radical (unpaired) electrons. The number of aryl methyl sites for hydroxylation is 2. The summed E-state index contributed by atoms with van der Waals surface area (Å²) in [5, 5.41) is 6.39. The molecule has 0 saturated carbocycles. The standard InChI is InChI=1S/C22H25N9O/c1-12-8-30(9-13(2)26-12)21-19-18(23-5-6-24-19)16(7-25-21)22(32)29-17-11-31-10-14(3)27-15(4)20(31)28-17/h5-7,10-13,26H,8-9H2,1-4H3,(H,29,32)/t12-,13-/m0/s1. The van der Waals surface area contributed by atoms with Crippen LogP contribution in [-0.4, -0.2) is 60.4 Å². The van der Waals surface area contributed by atoms with Gasteiger partial charge in [0.2, 0.25) is 0 Å². The maximum absolute atomic E-state index is 13.1. The molecule has 5 rings (SSSR count). The number of fused-ring (bicyclic) bond motifs is 2. The highest BCUT2D eigenvalue weighted by Crippen LogP contribution is 2.26. The van der Waals surface area contributed by atoms with Gasteiger partial charge in [0.05, 0.1) is 23.1 Å². The van der Waals surface area contributed by atoms with Gasteiger partial charge in [-0.3, -0.25) is 14.8 Å². The van der Waals surface area contributed by atoms with E-state index in [9.17, 15) is 4.79 Å². The predicted molar refractivity (Wildman–Crippen MR) is 122 cm³/mol. The van der Waals surface area contributed by atoms with E-state index in [0.717, 1.165) is 30.3 Å². The minimum absolute atomic E-state index is 0.326. The van der Waals surface area contributed by atoms with Crippen molar-refractivity contribution in [2.45, 2.75) is 39.8 Å². The van der Waals surface area contributed by atoms with Crippen LogP contribution in [0.15, 0.2) is 31.0 Å². The summed E-state index contributed by atoms with van der Waals surface area (Å²) in [5.41, 5.74) is 3.87. The van der Waals surface area contributed by atoms with Gasteiger partial charge in [0.15, 0.2) is 17.3 Å². The first kappa shape index (κ1) is 20.3. The molecule has 0 unspecified atom stereocenters. The van der Waals surface area contributed by atoms with E-state index in [0.29, 0.717) is 40.1 Å². The quantitative estimate of drug-likeness (QED) is 0.507. The Balaban J connectivity index is 1.49. The number of carbonyl (C=O) groups excluding carboxylic acids is 1. The lowest BCUT2D eigenvalue weighted by molar-refractivity contribution is 0.102. The number of nitrogens with one attached hydrogen (secondary N) is 2. The summed E-state index contributed by atoms with van der Waals surface area (Å²) in [6, 6.07) is 0.652. The largest absolute Gasteiger partial charge is 0.352 e. The molecule has 0 bridgehead atoms. The number of aromatic nitrogens is 6. The third-order valence-electron chi connectivity index (χ3n) is 5.55. The van der Waals surface area contributed by atoms with Crippen LogP contribution < -0.4 is 15.5 Å². The Labute approximate surface area is 185 Å². The van der Waals surface area contributed by atoms with Crippen molar-refractivity contribution in [3.63, 3.8) is 0 Å². The summed E-state index contributed by atoms with van der Waals surface area (Å²) in [7, 11) is 0. The van der Waals surface area contributed by atoms with Gasteiger partial charge in [0.1, 0.15) is 11.0 Å². The van der Waals surface area contributed by atoms with E-state index in [1.165, 1.54) is 0 Å². The Kier molecular flexibility index (Phi) is 4.93. The van der Waals surface area contributed by atoms with Gasteiger partial charge in [-0.1, -0.05) is 0 Å². The summed E-state index contributed by atoms with van der Waals surface area (Å²) in [6.07, 6.45) is 8.44. The second-order valence-corrected chi connectivity index (χ2v) is 8.40. The van der Waals surface area contributed by atoms with Crippen molar-refractivity contribution in [1.29, 1.82) is 0 Å². The van der Waals surface area contributed by atoms with Crippen molar-refractivity contribution < 1.29 is 4.79 Å². The highest BCUT2D eigenvalue weighted by atomic mass is 16.1. The maximum Gasteiger partial charge on any atom is 0.260 e. The Morgan fingerprint density at radius 1 is 1.03 bits per heavy atom. The number of anilines is 2. The predicted octanol–water partition coefficient (Wildman–Crippen LogP) is 2.12. The molecule has 10 heteroatoms. The van der Waals surface area contributed by atoms with E-state index in [2.05, 4.69) is 54.3 Å². The summed E-state index contributed by atoms with van der Waals surface area (Å²) < 4.78 is 1.86. The molecular weight excluding hydrogens is 406 g/mol. The average molecular weight is 432 g/mol. The second kappa shape index (κ2) is 7.79. The molecule has 10 nitrogen and oxygen atoms in total. The molecule has 1 fully saturated rings. The van der Waals surface area contributed by atoms with Crippen LogP contribution in [0.4, 0.5) is 11.6 Å². The number of carbonyl (C=O) groups is 1. The first-order valence-electron chi connectivity index (χ1n) is 10.6. The lowest BCUT2D eigenvalue weighted by atomic mass is 10.1. The fourth-order valence-electron chi connectivity index (χ4n) is 4.39. The van der Waals surface area contributed by atoms with Crippen molar-refractivity contribution in [3.8, 4) is 0 Å². The third-order valence-corrected chi connectivity index (χ3v) is 5.55. The molecule has 2 atom stereocenters. The number of imidazole rings is 1. The number of amides is 1. The number of nitrogens with zero attached hydrogens (tertiary/aromatic N) is 7. The average Bonchev–Trinajstić information content (AvgIpc) is 3.14. The van der Waals surface area contributed by atoms with Gasteiger partial charge in [-0.2, -0.15) is 0 Å². The SMILES string of the molecule is Cc1cn2cc(NC(=O)c3cnc(N4C[C@H](C)N[C@@H](C)C4)c4nccnc34)nc2c(C)n1. The highest BCUT2D eigenvalue weighted by molar-refractivity contribution is 6.12. The molecule has 5 heterocycles. The first-order valence-corrected chi connectivity index (χ1v) is 10.6. The van der Waals surface area contributed by atoms with Gasteiger partial charge in [0, 0.05) is 50.0 Å². The molecule has 0 aliphatic carbocycles. The number of rotatable bonds is 3. The van der Waals surface area contributed by atoms with Crippen LogP contribution in [0.3, 0.4) is 0 Å². The Bertz CT molecular complexity index is 1320. The molecule has 2 N–H and O–H groups in total. The van der Waals surface area contributed by atoms with Crippen LogP contribution in [0.25, 0.3) is 16.7 Å². The van der Waals surface area contributed by atoms with E-state index in [4.69, 9.17) is 0 Å². The molecule has 1 amide bonds. The van der Waals surface area contributed by atoms with Gasteiger partial charge in [-0.05, 0) is 27.7 Å². The molecule has 1 aliphatic rings. The Morgan fingerprint density at radius 3 is 2.50 bits per heavy atom. The molecule has 0 spiro atoms. The maximum atomic E-state index is 13.1. The van der Waals surface area contributed by atoms with Crippen LogP contribution in [0.5, 0.6) is 0 Å². The van der Waals surface area contributed by atoms with Gasteiger partial charge in [-0.25, -0.2) is 15.0 Å². The van der Waals surface area contributed by atoms with E-state index in [1.807, 2.05) is 24.4 Å². The van der Waals surface area contributed by atoms with Crippen molar-refractivity contribution in [1.82, 2.24) is 34.6 Å². The van der Waals surface area contributed by atoms with Crippen LogP contribution in [0.2, 0.25) is 0 Å². The molecule has 1 saturated heterocycles. The van der Waals surface area contributed by atoms with Crippen molar-refractivity contribution >= 4 is 34.2 Å². The third kappa shape index (κ3) is 3.62. The molecule has 4 aromatic rings. The van der Waals surface area contributed by atoms with Crippen LogP contribution >= 0.6 is 0 Å². The van der Waals surface area contributed by atoms with Crippen LogP contribution in [0, 0.1) is 13.8 Å². The lowest BCUT2D eigenvalue weighted by Gasteiger charge is -2.37. The van der Waals surface area contributed by atoms with E-state index in [1.54, 1.807) is 24.8 Å². The molecule has 32 heavy (non-hydrogen) atoms. The van der Waals surface area contributed by atoms with Crippen LogP contribution in [-0.2, 0) is 0 Å². The van der Waals surface area contributed by atoms with Crippen LogP contribution in [0.1, 0.15) is 35.6 Å². The molecule has 164 valence electrons. The molecule has 4 aromatic heterocycles. The highest BCUT2D eigenvalue weighted by Gasteiger charge is 2.25. The molecule has 1 aliphatic heterocycles. The van der Waals surface area contributed by atoms with Gasteiger partial charge in [-0.15, -0.1) is 0 Å². The summed E-state index contributed by atoms with van der Waals surface area (Å²) in [4.78, 5) is 37.9. The topological polar surface area (TPSA) is 113 Å². The summed E-state index contributed by atoms with van der Waals surface area (Å²) >= 11 is 0. The van der Waals surface area contributed by atoms with E-state index >= 15 is 0 Å². The lowest BCUT2D eigenvalue weighted by Crippen LogP contribution is -2.54. The van der Waals surface area contributed by atoms with E-state index in [-0.39, 0.29) is 5.91 Å². The Morgan fingerprint density at radius 2 is 1.75 bits per heavy atom. The zero-order valence-corrected chi connectivity index (χ0v) is 18.5. The fourth-order valence-corrected chi connectivity index (χ4v) is 4.39. The van der Waals surface area contributed by atoms with Crippen molar-refractivity contribution in [2.75, 3.05) is 23.3 Å². The number of piperazine rings is 1. The van der Waals surface area contributed by atoms with Crippen molar-refractivity contribution in [3.05, 3.63) is 47.9 Å². The van der Waals surface area contributed by atoms with Gasteiger partial charge >= 0.3 is 0 Å². The van der Waals surface area contributed by atoms with Gasteiger partial charge < -0.3 is 19.9 Å². The molecular formula is C22H25N9O. The normalized spacial score (nSPS) is 18.9. The fraction of sp³-hybridized carbons (Fsp3) is 0.364. The van der Waals surface area contributed by atoms with Crippen molar-refractivity contribution in [2.24, 2.45) is 0 Å².